The van der Waals surface area contributed by atoms with Crippen LogP contribution < -0.4 is 15.0 Å². The molecule has 1 fully saturated rings. The normalized spacial score (nSPS) is 18.1. The first kappa shape index (κ1) is 22.2. The van der Waals surface area contributed by atoms with E-state index in [4.69, 9.17) is 27.9 Å². The van der Waals surface area contributed by atoms with Crippen molar-refractivity contribution in [2.75, 3.05) is 11.5 Å². The van der Waals surface area contributed by atoms with E-state index < -0.39 is 11.6 Å². The van der Waals surface area contributed by atoms with Crippen LogP contribution in [0.15, 0.2) is 66.7 Å². The monoisotopic (exact) mass is 468 g/mol. The van der Waals surface area contributed by atoms with Crippen LogP contribution >= 0.6 is 23.2 Å². The molecule has 1 N–H and O–H groups in total. The van der Waals surface area contributed by atoms with Crippen LogP contribution in [0.2, 0.25) is 10.0 Å². The third-order valence-electron chi connectivity index (χ3n) is 5.38. The molecule has 0 aliphatic carbocycles. The highest BCUT2D eigenvalue weighted by Crippen LogP contribution is 2.33. The Labute approximate surface area is 196 Å². The number of benzene rings is 3. The minimum absolute atomic E-state index is 0.343. The molecule has 0 bridgehead atoms. The molecule has 3 aromatic rings. The number of para-hydroxylation sites is 1. The minimum atomic E-state index is -1.09. The predicted molar refractivity (Wildman–Crippen MR) is 128 cm³/mol. The Bertz CT molecular complexity index is 1160. The molecule has 0 radical (unpaired) electrons. The molecule has 1 saturated heterocycles. The summed E-state index contributed by atoms with van der Waals surface area (Å²) in [6.07, 6.45) is 0.343. The van der Waals surface area contributed by atoms with Crippen molar-refractivity contribution in [3.05, 3.63) is 82.3 Å². The molecule has 0 saturated carbocycles. The third-order valence-corrected chi connectivity index (χ3v) is 5.81. The Kier molecular flexibility index (Phi) is 6.13. The molecule has 32 heavy (non-hydrogen) atoms. The van der Waals surface area contributed by atoms with Crippen LogP contribution in [0, 0.1) is 0 Å². The molecule has 0 spiro atoms. The Morgan fingerprint density at radius 1 is 0.969 bits per heavy atom. The van der Waals surface area contributed by atoms with Gasteiger partial charge in [0, 0.05) is 22.0 Å². The molecule has 3 amide bonds. The van der Waals surface area contributed by atoms with Crippen molar-refractivity contribution < 1.29 is 14.3 Å². The first-order valence-electron chi connectivity index (χ1n) is 10.2. The number of carbonyl (C=O) groups excluding carboxylic acids is 2. The molecule has 1 aliphatic heterocycles. The van der Waals surface area contributed by atoms with Crippen LogP contribution in [0.1, 0.15) is 19.4 Å². The van der Waals surface area contributed by atoms with Crippen molar-refractivity contribution in [2.45, 2.75) is 25.8 Å². The van der Waals surface area contributed by atoms with Crippen LogP contribution in [-0.2, 0) is 11.2 Å². The third kappa shape index (κ3) is 4.31. The summed E-state index contributed by atoms with van der Waals surface area (Å²) in [6.45, 7) is 4.26. The number of nitrogens with zero attached hydrogens (tertiary/aromatic N) is 1. The van der Waals surface area contributed by atoms with E-state index in [1.165, 1.54) is 0 Å². The zero-order chi connectivity index (χ0) is 22.9. The number of ether oxygens (including phenoxy) is 1. The molecule has 1 atom stereocenters. The van der Waals surface area contributed by atoms with Crippen LogP contribution in [0.25, 0.3) is 11.1 Å². The fraction of sp³-hybridized carbons (Fsp3) is 0.200. The molecular formula is C25H22Cl2N2O3. The average Bonchev–Trinajstić information content (AvgIpc) is 2.96. The predicted octanol–water partition coefficient (Wildman–Crippen LogP) is 6.12. The molecule has 3 aromatic carbocycles. The number of imide groups is 1. The Balaban J connectivity index is 1.56. The van der Waals surface area contributed by atoms with E-state index in [1.807, 2.05) is 55.5 Å². The average molecular weight is 469 g/mol. The van der Waals surface area contributed by atoms with Gasteiger partial charge in [-0.3, -0.25) is 4.79 Å². The minimum Gasteiger partial charge on any atom is -0.493 e. The second-order valence-electron chi connectivity index (χ2n) is 7.83. The summed E-state index contributed by atoms with van der Waals surface area (Å²) in [6, 6.07) is 19.9. The summed E-state index contributed by atoms with van der Waals surface area (Å²) in [5.74, 6) is 0.468. The molecule has 4 rings (SSSR count). The van der Waals surface area contributed by atoms with E-state index in [2.05, 4.69) is 5.32 Å². The quantitative estimate of drug-likeness (QED) is 0.443. The Hall–Kier alpha value is -3.02. The summed E-state index contributed by atoms with van der Waals surface area (Å²) < 4.78 is 5.73. The van der Waals surface area contributed by atoms with E-state index in [9.17, 15) is 9.59 Å². The van der Waals surface area contributed by atoms with Crippen molar-refractivity contribution in [1.82, 2.24) is 5.32 Å². The van der Waals surface area contributed by atoms with Crippen LogP contribution in [0.4, 0.5) is 10.5 Å². The van der Waals surface area contributed by atoms with Gasteiger partial charge in [0.15, 0.2) is 0 Å². The zero-order valence-corrected chi connectivity index (χ0v) is 19.2. The molecule has 164 valence electrons. The van der Waals surface area contributed by atoms with Gasteiger partial charge in [-0.1, -0.05) is 65.7 Å². The van der Waals surface area contributed by atoms with Crippen molar-refractivity contribution in [3.63, 3.8) is 0 Å². The standard InChI is InChI=1S/C25H22Cl2N2O3/c1-3-32-22-7-5-4-6-21(22)17-10-8-16(9-11-17)15-25(2)23(30)29(24(31)28-25)20-13-18(26)12-19(27)14-20/h4-14H,3,15H2,1-2H3,(H,28,31). The molecular weight excluding hydrogens is 447 g/mol. The molecule has 1 heterocycles. The lowest BCUT2D eigenvalue weighted by Gasteiger charge is -2.22. The Morgan fingerprint density at radius 3 is 2.28 bits per heavy atom. The lowest BCUT2D eigenvalue weighted by Crippen LogP contribution is -2.46. The summed E-state index contributed by atoms with van der Waals surface area (Å²) in [5.41, 5.74) is 2.19. The van der Waals surface area contributed by atoms with Gasteiger partial charge in [0.05, 0.1) is 12.3 Å². The topological polar surface area (TPSA) is 58.6 Å². The van der Waals surface area contributed by atoms with Crippen LogP contribution in [0.3, 0.4) is 0 Å². The second kappa shape index (κ2) is 8.85. The van der Waals surface area contributed by atoms with Gasteiger partial charge in [-0.15, -0.1) is 0 Å². The smallest absolute Gasteiger partial charge is 0.329 e. The molecule has 7 heteroatoms. The fourth-order valence-electron chi connectivity index (χ4n) is 3.90. The maximum atomic E-state index is 13.2. The number of nitrogens with one attached hydrogen (secondary N) is 1. The van der Waals surface area contributed by atoms with Gasteiger partial charge >= 0.3 is 6.03 Å². The number of anilines is 1. The number of halogens is 2. The molecule has 1 unspecified atom stereocenters. The number of hydrogen-bond donors (Lipinski definition) is 1. The highest BCUT2D eigenvalue weighted by atomic mass is 35.5. The summed E-state index contributed by atoms with van der Waals surface area (Å²) in [5, 5.41) is 3.52. The lowest BCUT2D eigenvalue weighted by molar-refractivity contribution is -0.121. The van der Waals surface area contributed by atoms with Crippen molar-refractivity contribution in [1.29, 1.82) is 0 Å². The van der Waals surface area contributed by atoms with E-state index in [0.29, 0.717) is 28.8 Å². The molecule has 0 aromatic heterocycles. The van der Waals surface area contributed by atoms with E-state index in [0.717, 1.165) is 27.3 Å². The zero-order valence-electron chi connectivity index (χ0n) is 17.7. The van der Waals surface area contributed by atoms with E-state index >= 15 is 0 Å². The van der Waals surface area contributed by atoms with Gasteiger partial charge in [0.1, 0.15) is 11.3 Å². The number of amides is 3. The van der Waals surface area contributed by atoms with Crippen molar-refractivity contribution in [2.24, 2.45) is 0 Å². The molecule has 1 aliphatic rings. The Morgan fingerprint density at radius 2 is 1.62 bits per heavy atom. The number of rotatable bonds is 6. The van der Waals surface area contributed by atoms with Gasteiger partial charge in [-0.2, -0.15) is 0 Å². The number of hydrogen-bond acceptors (Lipinski definition) is 3. The van der Waals surface area contributed by atoms with E-state index in [1.54, 1.807) is 25.1 Å². The SMILES string of the molecule is CCOc1ccccc1-c1ccc(CC2(C)NC(=O)N(c3cc(Cl)cc(Cl)c3)C2=O)cc1. The summed E-state index contributed by atoms with van der Waals surface area (Å²) in [4.78, 5) is 26.9. The number of urea groups is 1. The largest absolute Gasteiger partial charge is 0.493 e. The van der Waals surface area contributed by atoms with Gasteiger partial charge in [0.2, 0.25) is 0 Å². The second-order valence-corrected chi connectivity index (χ2v) is 8.71. The highest BCUT2D eigenvalue weighted by molar-refractivity contribution is 6.35. The molecule has 5 nitrogen and oxygen atoms in total. The van der Waals surface area contributed by atoms with Crippen molar-refractivity contribution in [3.8, 4) is 16.9 Å². The van der Waals surface area contributed by atoms with Gasteiger partial charge in [-0.05, 0) is 49.2 Å². The number of carbonyl (C=O) groups is 2. The summed E-state index contributed by atoms with van der Waals surface area (Å²) >= 11 is 12.1. The fourth-order valence-corrected chi connectivity index (χ4v) is 4.42. The van der Waals surface area contributed by atoms with Gasteiger partial charge in [0.25, 0.3) is 5.91 Å². The van der Waals surface area contributed by atoms with Crippen molar-refractivity contribution >= 4 is 40.8 Å². The van der Waals surface area contributed by atoms with Crippen LogP contribution in [-0.4, -0.2) is 24.1 Å². The maximum Gasteiger partial charge on any atom is 0.329 e. The first-order valence-corrected chi connectivity index (χ1v) is 11.0. The lowest BCUT2D eigenvalue weighted by atomic mass is 9.91. The van der Waals surface area contributed by atoms with Gasteiger partial charge in [-0.25, -0.2) is 9.69 Å². The van der Waals surface area contributed by atoms with E-state index in [-0.39, 0.29) is 5.91 Å². The van der Waals surface area contributed by atoms with Crippen LogP contribution in [0.5, 0.6) is 5.75 Å². The maximum absolute atomic E-state index is 13.2. The van der Waals surface area contributed by atoms with Gasteiger partial charge < -0.3 is 10.1 Å². The highest BCUT2D eigenvalue weighted by Gasteiger charge is 2.48. The summed E-state index contributed by atoms with van der Waals surface area (Å²) in [7, 11) is 0. The first-order chi connectivity index (χ1) is 15.3.